The number of nitrogens with zero attached hydrogens (tertiary/aromatic N) is 2. The highest BCUT2D eigenvalue weighted by molar-refractivity contribution is 5.79. The third kappa shape index (κ3) is 3.72. The Balaban J connectivity index is 1.74. The number of fused-ring (bicyclic) bond motifs is 1. The van der Waals surface area contributed by atoms with Gasteiger partial charge in [0.05, 0.1) is 0 Å². The molecule has 1 aliphatic rings. The second-order valence-corrected chi connectivity index (χ2v) is 11.2. The minimum Gasteiger partial charge on any atom is -0.378 e. The van der Waals surface area contributed by atoms with Crippen molar-refractivity contribution < 1.29 is 0 Å². The van der Waals surface area contributed by atoms with E-state index in [1.165, 1.54) is 33.4 Å². The Labute approximate surface area is 249 Å². The van der Waals surface area contributed by atoms with Crippen LogP contribution in [0.15, 0.2) is 170 Å². The average molecular weight is 543 g/mol. The van der Waals surface area contributed by atoms with Crippen molar-refractivity contribution in [2.75, 3.05) is 23.9 Å². The lowest BCUT2D eigenvalue weighted by Crippen LogP contribution is -2.54. The molecule has 42 heavy (non-hydrogen) atoms. The number of anilines is 2. The quantitative estimate of drug-likeness (QED) is 0.207. The fraction of sp³-hybridized carbons (Fsp3) is 0.100. The zero-order chi connectivity index (χ0) is 28.6. The van der Waals surface area contributed by atoms with Crippen LogP contribution in [0.4, 0.5) is 11.4 Å². The molecule has 0 N–H and O–H groups in total. The molecule has 0 saturated heterocycles. The number of hydrogen-bond donors (Lipinski definition) is 0. The minimum absolute atomic E-state index is 0.629. The topological polar surface area (TPSA) is 6.48 Å². The second-order valence-electron chi connectivity index (χ2n) is 11.2. The zero-order valence-electron chi connectivity index (χ0n) is 24.1. The molecule has 1 heterocycles. The van der Waals surface area contributed by atoms with Crippen LogP contribution in [0.2, 0.25) is 0 Å². The van der Waals surface area contributed by atoms with Crippen molar-refractivity contribution in [1.82, 2.24) is 0 Å². The molecule has 0 saturated carbocycles. The smallest absolute Gasteiger partial charge is 0.118 e. The van der Waals surface area contributed by atoms with Gasteiger partial charge in [0.15, 0.2) is 0 Å². The monoisotopic (exact) mass is 542 g/mol. The molecule has 1 aliphatic heterocycles. The molecule has 2 heteroatoms. The van der Waals surface area contributed by atoms with Gasteiger partial charge in [-0.2, -0.15) is 0 Å². The first-order valence-corrected chi connectivity index (χ1v) is 14.6. The predicted molar refractivity (Wildman–Crippen MR) is 175 cm³/mol. The number of hydrogen-bond acceptors (Lipinski definition) is 2. The van der Waals surface area contributed by atoms with E-state index in [4.69, 9.17) is 0 Å². The van der Waals surface area contributed by atoms with Gasteiger partial charge >= 0.3 is 0 Å². The summed E-state index contributed by atoms with van der Waals surface area (Å²) in [7, 11) is 4.22. The standard InChI is InChI=1S/C40H34N2/c1-41(2)35-26-17-27-36(30-35)42-39(31-18-7-3-8-19-31,32-20-9-4-10-21-32)37-28-15-16-29-38(37)40(42,33-22-11-5-12-23-33)34-24-13-6-14-25-34/h3-30H,1-2H3. The van der Waals surface area contributed by atoms with Gasteiger partial charge in [-0.05, 0) is 51.6 Å². The van der Waals surface area contributed by atoms with E-state index in [1.807, 2.05) is 0 Å². The van der Waals surface area contributed by atoms with Crippen LogP contribution in [0.25, 0.3) is 0 Å². The average Bonchev–Trinajstić information content (AvgIpc) is 3.35. The lowest BCUT2D eigenvalue weighted by molar-refractivity contribution is 0.496. The van der Waals surface area contributed by atoms with E-state index >= 15 is 0 Å². The van der Waals surface area contributed by atoms with Crippen molar-refractivity contribution in [2.24, 2.45) is 0 Å². The van der Waals surface area contributed by atoms with Crippen molar-refractivity contribution >= 4 is 11.4 Å². The Morgan fingerprint density at radius 2 is 0.762 bits per heavy atom. The van der Waals surface area contributed by atoms with E-state index in [-0.39, 0.29) is 0 Å². The molecule has 0 fully saturated rings. The molecule has 0 atom stereocenters. The molecule has 0 aliphatic carbocycles. The normalized spacial score (nSPS) is 14.8. The van der Waals surface area contributed by atoms with Crippen molar-refractivity contribution in [1.29, 1.82) is 0 Å². The predicted octanol–water partition coefficient (Wildman–Crippen LogP) is 8.86. The van der Waals surface area contributed by atoms with E-state index in [2.05, 4.69) is 194 Å². The number of rotatable bonds is 6. The van der Waals surface area contributed by atoms with Gasteiger partial charge in [-0.15, -0.1) is 0 Å². The Morgan fingerprint density at radius 3 is 1.12 bits per heavy atom. The maximum Gasteiger partial charge on any atom is 0.118 e. The molecule has 0 amide bonds. The first-order valence-electron chi connectivity index (χ1n) is 14.6. The lowest BCUT2D eigenvalue weighted by atomic mass is 9.76. The van der Waals surface area contributed by atoms with Gasteiger partial charge < -0.3 is 9.80 Å². The Hall–Kier alpha value is -5.08. The highest BCUT2D eigenvalue weighted by Crippen LogP contribution is 2.62. The van der Waals surface area contributed by atoms with Gasteiger partial charge in [0.2, 0.25) is 0 Å². The molecule has 0 spiro atoms. The fourth-order valence-corrected chi connectivity index (χ4v) is 7.09. The molecule has 6 aromatic rings. The largest absolute Gasteiger partial charge is 0.378 e. The van der Waals surface area contributed by atoms with Gasteiger partial charge in [0, 0.05) is 25.5 Å². The molecular weight excluding hydrogens is 508 g/mol. The van der Waals surface area contributed by atoms with Crippen LogP contribution in [0.1, 0.15) is 33.4 Å². The fourth-order valence-electron chi connectivity index (χ4n) is 7.09. The maximum absolute atomic E-state index is 2.70. The van der Waals surface area contributed by atoms with Crippen molar-refractivity contribution in [3.05, 3.63) is 203 Å². The maximum atomic E-state index is 2.70. The van der Waals surface area contributed by atoms with Gasteiger partial charge in [0.1, 0.15) is 11.1 Å². The Bertz CT molecular complexity index is 1610. The van der Waals surface area contributed by atoms with Crippen LogP contribution in [-0.2, 0) is 11.1 Å². The second kappa shape index (κ2) is 10.4. The van der Waals surface area contributed by atoms with E-state index in [0.717, 1.165) is 11.4 Å². The molecule has 2 nitrogen and oxygen atoms in total. The summed E-state index contributed by atoms with van der Waals surface area (Å²) in [6.45, 7) is 0. The van der Waals surface area contributed by atoms with E-state index in [9.17, 15) is 0 Å². The summed E-state index contributed by atoms with van der Waals surface area (Å²) in [4.78, 5) is 4.89. The van der Waals surface area contributed by atoms with E-state index in [0.29, 0.717) is 0 Å². The molecular formula is C40H34N2. The summed E-state index contributed by atoms with van der Waals surface area (Å²) >= 11 is 0. The minimum atomic E-state index is -0.629. The molecule has 0 unspecified atom stereocenters. The summed E-state index contributed by atoms with van der Waals surface area (Å²) in [5.41, 5.74) is 8.54. The summed E-state index contributed by atoms with van der Waals surface area (Å²) in [6.07, 6.45) is 0. The highest BCUT2D eigenvalue weighted by Gasteiger charge is 2.61. The molecule has 204 valence electrons. The van der Waals surface area contributed by atoms with Crippen molar-refractivity contribution in [3.63, 3.8) is 0 Å². The van der Waals surface area contributed by atoms with E-state index in [1.54, 1.807) is 0 Å². The van der Waals surface area contributed by atoms with Crippen molar-refractivity contribution in [3.8, 4) is 0 Å². The van der Waals surface area contributed by atoms with Gasteiger partial charge in [0.25, 0.3) is 0 Å². The molecule has 0 radical (unpaired) electrons. The lowest BCUT2D eigenvalue weighted by Gasteiger charge is -2.51. The summed E-state index contributed by atoms with van der Waals surface area (Å²) in [5.74, 6) is 0. The van der Waals surface area contributed by atoms with Crippen LogP contribution in [-0.4, -0.2) is 14.1 Å². The van der Waals surface area contributed by atoms with Gasteiger partial charge in [-0.1, -0.05) is 152 Å². The summed E-state index contributed by atoms with van der Waals surface area (Å²) in [5, 5.41) is 0. The third-order valence-corrected chi connectivity index (χ3v) is 8.75. The SMILES string of the molecule is CN(C)c1cccc(N2C(c3ccccc3)(c3ccccc3)c3ccccc3C2(c2ccccc2)c2ccccc2)c1. The first-order chi connectivity index (χ1) is 20.7. The summed E-state index contributed by atoms with van der Waals surface area (Å²) < 4.78 is 0. The highest BCUT2D eigenvalue weighted by atomic mass is 15.3. The molecule has 6 aromatic carbocycles. The molecule has 7 rings (SSSR count). The first kappa shape index (κ1) is 25.9. The van der Waals surface area contributed by atoms with Crippen LogP contribution in [0, 0.1) is 0 Å². The Morgan fingerprint density at radius 1 is 0.405 bits per heavy atom. The van der Waals surface area contributed by atoms with Crippen LogP contribution in [0.3, 0.4) is 0 Å². The van der Waals surface area contributed by atoms with Crippen LogP contribution < -0.4 is 9.80 Å². The molecule has 0 bridgehead atoms. The van der Waals surface area contributed by atoms with Crippen LogP contribution >= 0.6 is 0 Å². The molecule has 0 aromatic heterocycles. The van der Waals surface area contributed by atoms with Gasteiger partial charge in [-0.25, -0.2) is 0 Å². The zero-order valence-corrected chi connectivity index (χ0v) is 24.1. The number of benzene rings is 6. The van der Waals surface area contributed by atoms with Gasteiger partial charge in [-0.3, -0.25) is 0 Å². The summed E-state index contributed by atoms with van der Waals surface area (Å²) in [6, 6.07) is 62.2. The van der Waals surface area contributed by atoms with Crippen molar-refractivity contribution in [2.45, 2.75) is 11.1 Å². The third-order valence-electron chi connectivity index (χ3n) is 8.75. The van der Waals surface area contributed by atoms with Crippen LogP contribution in [0.5, 0.6) is 0 Å². The Kier molecular flexibility index (Phi) is 6.40. The van der Waals surface area contributed by atoms with E-state index < -0.39 is 11.1 Å².